The van der Waals surface area contributed by atoms with Crippen LogP contribution in [-0.4, -0.2) is 74.5 Å². The average Bonchev–Trinajstić information content (AvgIpc) is 3.38. The van der Waals surface area contributed by atoms with Gasteiger partial charge in [-0.2, -0.15) is 0 Å². The zero-order valence-electron chi connectivity index (χ0n) is 15.7. The number of para-hydroxylation sites is 1. The van der Waals surface area contributed by atoms with E-state index in [1.165, 1.54) is 4.70 Å². The lowest BCUT2D eigenvalue weighted by Crippen LogP contribution is -2.53. The molecule has 2 unspecified atom stereocenters. The molecule has 2 atom stereocenters. The van der Waals surface area contributed by atoms with Crippen LogP contribution in [0.4, 0.5) is 5.13 Å². The lowest BCUT2D eigenvalue weighted by molar-refractivity contribution is -0.0816. The molecule has 0 radical (unpaired) electrons. The Bertz CT molecular complexity index is 741. The van der Waals surface area contributed by atoms with E-state index in [1.54, 1.807) is 11.3 Å². The Morgan fingerprint density at radius 1 is 1.26 bits per heavy atom. The van der Waals surface area contributed by atoms with E-state index in [4.69, 9.17) is 9.47 Å². The fourth-order valence-corrected chi connectivity index (χ4v) is 4.50. The summed E-state index contributed by atoms with van der Waals surface area (Å²) in [6, 6.07) is 8.20. The molecule has 0 spiro atoms. The van der Waals surface area contributed by atoms with Gasteiger partial charge in [0.2, 0.25) is 0 Å². The summed E-state index contributed by atoms with van der Waals surface area (Å²) in [6.45, 7) is 4.83. The fraction of sp³-hybridized carbons (Fsp3) is 0.579. The van der Waals surface area contributed by atoms with E-state index < -0.39 is 0 Å². The first-order chi connectivity index (χ1) is 13.3. The number of nitrogens with zero attached hydrogens (tertiary/aromatic N) is 3. The minimum absolute atomic E-state index is 0.140. The molecule has 3 heterocycles. The molecule has 0 saturated carbocycles. The van der Waals surface area contributed by atoms with E-state index in [0.29, 0.717) is 0 Å². The zero-order valence-corrected chi connectivity index (χ0v) is 16.5. The summed E-state index contributed by atoms with van der Waals surface area (Å²) in [5, 5.41) is 7.80. The topological polar surface area (TPSA) is 71.0 Å². The highest BCUT2D eigenvalue weighted by molar-refractivity contribution is 7.22. The molecule has 146 valence electrons. The Hall–Kier alpha value is -1.90. The van der Waals surface area contributed by atoms with Gasteiger partial charge in [0, 0.05) is 39.8 Å². The molecule has 1 aromatic carbocycles. The standard InChI is InChI=1S/C19H27N5O2S/c1-20-18(24-10-12-26-16(13-24)15-6-4-11-25-15)21-8-9-22-19-23-14-5-2-3-7-17(14)27-19/h2-3,5,7,15-16H,4,6,8-13H2,1H3,(H,20,21)(H,22,23). The minimum atomic E-state index is 0.140. The summed E-state index contributed by atoms with van der Waals surface area (Å²) in [5.74, 6) is 0.924. The molecule has 7 nitrogen and oxygen atoms in total. The monoisotopic (exact) mass is 389 g/mol. The summed E-state index contributed by atoms with van der Waals surface area (Å²) in [7, 11) is 1.83. The van der Waals surface area contributed by atoms with E-state index in [1.807, 2.05) is 25.2 Å². The van der Waals surface area contributed by atoms with Gasteiger partial charge >= 0.3 is 0 Å². The molecule has 4 rings (SSSR count). The molecule has 8 heteroatoms. The van der Waals surface area contributed by atoms with Crippen molar-refractivity contribution in [1.29, 1.82) is 0 Å². The first kappa shape index (κ1) is 18.5. The van der Waals surface area contributed by atoms with Gasteiger partial charge in [-0.3, -0.25) is 4.99 Å². The molecule has 2 fully saturated rings. The predicted octanol–water partition coefficient (Wildman–Crippen LogP) is 2.16. The molecule has 2 N–H and O–H groups in total. The van der Waals surface area contributed by atoms with Crippen LogP contribution in [0.2, 0.25) is 0 Å². The van der Waals surface area contributed by atoms with E-state index in [9.17, 15) is 0 Å². The third-order valence-corrected chi connectivity index (χ3v) is 5.96. The quantitative estimate of drug-likeness (QED) is 0.464. The van der Waals surface area contributed by atoms with Crippen molar-refractivity contribution in [3.8, 4) is 0 Å². The number of thiazole rings is 1. The SMILES string of the molecule is CN=C(NCCNc1nc2ccccc2s1)N1CCOC(C2CCCO2)C1. The number of benzene rings is 1. The maximum Gasteiger partial charge on any atom is 0.193 e. The summed E-state index contributed by atoms with van der Waals surface area (Å²) in [6.07, 6.45) is 2.60. The summed E-state index contributed by atoms with van der Waals surface area (Å²) in [4.78, 5) is 11.3. The molecule has 2 aromatic rings. The highest BCUT2D eigenvalue weighted by Gasteiger charge is 2.32. The molecule has 0 aliphatic carbocycles. The summed E-state index contributed by atoms with van der Waals surface area (Å²) < 4.78 is 12.9. The van der Waals surface area contributed by atoms with Gasteiger partial charge < -0.3 is 25.0 Å². The molecule has 2 aliphatic heterocycles. The fourth-order valence-electron chi connectivity index (χ4n) is 3.61. The third kappa shape index (κ3) is 4.51. The highest BCUT2D eigenvalue weighted by Crippen LogP contribution is 2.25. The van der Waals surface area contributed by atoms with Gasteiger partial charge in [0.05, 0.1) is 22.9 Å². The molecule has 2 aliphatic rings. The second kappa shape index (κ2) is 8.86. The zero-order chi connectivity index (χ0) is 18.5. The first-order valence-electron chi connectivity index (χ1n) is 9.62. The molecule has 2 saturated heterocycles. The van der Waals surface area contributed by atoms with Crippen LogP contribution < -0.4 is 10.6 Å². The van der Waals surface area contributed by atoms with Crippen molar-refractivity contribution in [2.75, 3.05) is 51.8 Å². The summed E-state index contributed by atoms with van der Waals surface area (Å²) >= 11 is 1.68. The number of fused-ring (bicyclic) bond motifs is 1. The third-order valence-electron chi connectivity index (χ3n) is 4.96. The lowest BCUT2D eigenvalue weighted by atomic mass is 10.1. The van der Waals surface area contributed by atoms with Gasteiger partial charge in [-0.05, 0) is 25.0 Å². The Morgan fingerprint density at radius 3 is 2.96 bits per heavy atom. The van der Waals surface area contributed by atoms with Crippen molar-refractivity contribution in [3.63, 3.8) is 0 Å². The number of aromatic nitrogens is 1. The number of ether oxygens (including phenoxy) is 2. The van der Waals surface area contributed by atoms with Crippen molar-refractivity contribution in [3.05, 3.63) is 24.3 Å². The molecular weight excluding hydrogens is 362 g/mol. The number of aliphatic imine (C=N–C) groups is 1. The van der Waals surface area contributed by atoms with Crippen LogP contribution in [0.5, 0.6) is 0 Å². The average molecular weight is 390 g/mol. The van der Waals surface area contributed by atoms with Gasteiger partial charge in [0.25, 0.3) is 0 Å². The summed E-state index contributed by atoms with van der Waals surface area (Å²) in [5.41, 5.74) is 1.04. The van der Waals surface area contributed by atoms with Crippen molar-refractivity contribution >= 4 is 32.6 Å². The van der Waals surface area contributed by atoms with Crippen LogP contribution in [-0.2, 0) is 9.47 Å². The van der Waals surface area contributed by atoms with Crippen molar-refractivity contribution < 1.29 is 9.47 Å². The van der Waals surface area contributed by atoms with Crippen LogP contribution in [0.3, 0.4) is 0 Å². The van der Waals surface area contributed by atoms with Crippen LogP contribution in [0.15, 0.2) is 29.3 Å². The van der Waals surface area contributed by atoms with Crippen molar-refractivity contribution in [1.82, 2.24) is 15.2 Å². The normalized spacial score (nSPS) is 23.7. The number of anilines is 1. The van der Waals surface area contributed by atoms with Gasteiger partial charge in [-0.15, -0.1) is 0 Å². The van der Waals surface area contributed by atoms with Crippen molar-refractivity contribution in [2.24, 2.45) is 4.99 Å². The lowest BCUT2D eigenvalue weighted by Gasteiger charge is -2.37. The van der Waals surface area contributed by atoms with Crippen LogP contribution >= 0.6 is 11.3 Å². The van der Waals surface area contributed by atoms with Crippen LogP contribution in [0, 0.1) is 0 Å². The van der Waals surface area contributed by atoms with Crippen LogP contribution in [0.25, 0.3) is 10.2 Å². The maximum absolute atomic E-state index is 5.93. The molecule has 1 aromatic heterocycles. The van der Waals surface area contributed by atoms with E-state index in [0.717, 1.165) is 68.8 Å². The van der Waals surface area contributed by atoms with Gasteiger partial charge in [-0.25, -0.2) is 4.98 Å². The number of hydrogen-bond acceptors (Lipinski definition) is 6. The number of morpholine rings is 1. The smallest absolute Gasteiger partial charge is 0.193 e. The maximum atomic E-state index is 5.93. The first-order valence-corrected chi connectivity index (χ1v) is 10.4. The number of nitrogens with one attached hydrogen (secondary N) is 2. The van der Waals surface area contributed by atoms with Gasteiger partial charge in [-0.1, -0.05) is 23.5 Å². The van der Waals surface area contributed by atoms with Crippen LogP contribution in [0.1, 0.15) is 12.8 Å². The molecular formula is C19H27N5O2S. The van der Waals surface area contributed by atoms with E-state index in [2.05, 4.69) is 31.6 Å². The number of guanidine groups is 1. The minimum Gasteiger partial charge on any atom is -0.375 e. The molecule has 0 bridgehead atoms. The number of hydrogen-bond donors (Lipinski definition) is 2. The Morgan fingerprint density at radius 2 is 2.15 bits per heavy atom. The largest absolute Gasteiger partial charge is 0.375 e. The Kier molecular flexibility index (Phi) is 6.06. The molecule has 27 heavy (non-hydrogen) atoms. The number of rotatable bonds is 5. The van der Waals surface area contributed by atoms with Crippen molar-refractivity contribution in [2.45, 2.75) is 25.0 Å². The Balaban J connectivity index is 1.25. The predicted molar refractivity (Wildman–Crippen MR) is 110 cm³/mol. The van der Waals surface area contributed by atoms with Gasteiger partial charge in [0.1, 0.15) is 6.10 Å². The van der Waals surface area contributed by atoms with Gasteiger partial charge in [0.15, 0.2) is 11.1 Å². The second-order valence-corrected chi connectivity index (χ2v) is 7.82. The Labute approximate surface area is 163 Å². The van der Waals surface area contributed by atoms with E-state index >= 15 is 0 Å². The van der Waals surface area contributed by atoms with E-state index in [-0.39, 0.29) is 12.2 Å². The molecule has 0 amide bonds. The second-order valence-electron chi connectivity index (χ2n) is 6.79. The highest BCUT2D eigenvalue weighted by atomic mass is 32.1.